The second-order valence-corrected chi connectivity index (χ2v) is 4.67. The maximum atomic E-state index is 11.3. The highest BCUT2D eigenvalue weighted by atomic mass is 35.5. The van der Waals surface area contributed by atoms with Crippen molar-refractivity contribution in [3.05, 3.63) is 55.1 Å². The highest BCUT2D eigenvalue weighted by Crippen LogP contribution is 2.24. The van der Waals surface area contributed by atoms with E-state index in [4.69, 9.17) is 23.2 Å². The molecule has 1 aromatic heterocycles. The van der Waals surface area contributed by atoms with Gasteiger partial charge in [-0.1, -0.05) is 40.6 Å². The summed E-state index contributed by atoms with van der Waals surface area (Å²) in [5, 5.41) is 2.91. The molecule has 1 aromatic carbocycles. The predicted molar refractivity (Wildman–Crippen MR) is 64.1 cm³/mol. The van der Waals surface area contributed by atoms with E-state index in [-0.39, 0.29) is 4.87 Å². The van der Waals surface area contributed by atoms with E-state index in [1.807, 2.05) is 0 Å². The fourth-order valence-electron chi connectivity index (χ4n) is 1.26. The Kier molecular flexibility index (Phi) is 3.14. The van der Waals surface area contributed by atoms with E-state index < -0.39 is 0 Å². The molecule has 0 saturated heterocycles. The van der Waals surface area contributed by atoms with Crippen molar-refractivity contribution in [2.24, 2.45) is 0 Å². The van der Waals surface area contributed by atoms with Crippen LogP contribution < -0.4 is 4.87 Å². The number of aromatic nitrogens is 1. The molecule has 0 aliphatic heterocycles. The fourth-order valence-corrected chi connectivity index (χ4v) is 2.36. The summed E-state index contributed by atoms with van der Waals surface area (Å²) in [5.74, 6) is 0. The van der Waals surface area contributed by atoms with Crippen LogP contribution in [0.4, 0.5) is 0 Å². The van der Waals surface area contributed by atoms with E-state index in [0.717, 1.165) is 16.9 Å². The highest BCUT2D eigenvalue weighted by Gasteiger charge is 2.07. The summed E-state index contributed by atoms with van der Waals surface area (Å²) in [5.41, 5.74) is 0.779. The summed E-state index contributed by atoms with van der Waals surface area (Å²) in [7, 11) is 0. The lowest BCUT2D eigenvalue weighted by Gasteiger charge is -2.06. The second kappa shape index (κ2) is 4.39. The van der Waals surface area contributed by atoms with Crippen LogP contribution in [0.1, 0.15) is 5.56 Å². The zero-order valence-electron chi connectivity index (χ0n) is 7.61. The zero-order chi connectivity index (χ0) is 10.8. The Balaban J connectivity index is 2.40. The minimum Gasteiger partial charge on any atom is -0.301 e. The molecule has 0 fully saturated rings. The molecule has 2 rings (SSSR count). The number of nitrogens with zero attached hydrogens (tertiary/aromatic N) is 1. The van der Waals surface area contributed by atoms with Crippen LogP contribution in [0, 0.1) is 0 Å². The molecule has 0 unspecified atom stereocenters. The lowest BCUT2D eigenvalue weighted by atomic mass is 10.2. The molecule has 0 amide bonds. The Hall–Kier alpha value is -0.770. The molecular formula is C10H7Cl2NOS. The molecule has 5 heteroatoms. The van der Waals surface area contributed by atoms with Gasteiger partial charge in [-0.3, -0.25) is 4.79 Å². The summed E-state index contributed by atoms with van der Waals surface area (Å²) < 4.78 is 1.58. The number of hydrogen-bond donors (Lipinski definition) is 0. The fraction of sp³-hybridized carbons (Fsp3) is 0.100. The van der Waals surface area contributed by atoms with Crippen molar-refractivity contribution in [3.8, 4) is 0 Å². The Morgan fingerprint density at radius 2 is 1.93 bits per heavy atom. The van der Waals surface area contributed by atoms with Crippen LogP contribution in [0.3, 0.4) is 0 Å². The van der Waals surface area contributed by atoms with Crippen LogP contribution in [-0.2, 0) is 6.54 Å². The van der Waals surface area contributed by atoms with E-state index in [1.54, 1.807) is 34.3 Å². The van der Waals surface area contributed by atoms with Crippen molar-refractivity contribution in [1.29, 1.82) is 0 Å². The Morgan fingerprint density at radius 1 is 1.27 bits per heavy atom. The number of rotatable bonds is 2. The molecule has 0 spiro atoms. The van der Waals surface area contributed by atoms with Gasteiger partial charge in [0.1, 0.15) is 0 Å². The molecule has 78 valence electrons. The van der Waals surface area contributed by atoms with Crippen molar-refractivity contribution in [3.63, 3.8) is 0 Å². The molecule has 0 N–H and O–H groups in total. The molecule has 0 atom stereocenters. The first-order chi connectivity index (χ1) is 7.18. The van der Waals surface area contributed by atoms with Gasteiger partial charge in [-0.25, -0.2) is 0 Å². The van der Waals surface area contributed by atoms with Gasteiger partial charge >= 0.3 is 4.87 Å². The zero-order valence-corrected chi connectivity index (χ0v) is 9.94. The first-order valence-corrected chi connectivity index (χ1v) is 5.89. The number of halogens is 2. The van der Waals surface area contributed by atoms with E-state index in [0.29, 0.717) is 16.6 Å². The summed E-state index contributed by atoms with van der Waals surface area (Å²) in [6.07, 6.45) is 1.73. The summed E-state index contributed by atoms with van der Waals surface area (Å²) in [4.78, 5) is 11.3. The normalized spacial score (nSPS) is 10.5. The van der Waals surface area contributed by atoms with Crippen molar-refractivity contribution >= 4 is 34.5 Å². The van der Waals surface area contributed by atoms with Gasteiger partial charge in [-0.05, 0) is 12.1 Å². The van der Waals surface area contributed by atoms with E-state index in [2.05, 4.69) is 0 Å². The van der Waals surface area contributed by atoms with Gasteiger partial charge < -0.3 is 4.57 Å². The molecule has 2 aromatic rings. The maximum absolute atomic E-state index is 11.3. The smallest absolute Gasteiger partial charge is 0.301 e. The van der Waals surface area contributed by atoms with Gasteiger partial charge in [0.2, 0.25) is 0 Å². The first-order valence-electron chi connectivity index (χ1n) is 4.25. The molecule has 1 heterocycles. The van der Waals surface area contributed by atoms with E-state index in [9.17, 15) is 4.79 Å². The number of hydrogen-bond acceptors (Lipinski definition) is 2. The highest BCUT2D eigenvalue weighted by molar-refractivity contribution is 7.07. The van der Waals surface area contributed by atoms with Gasteiger partial charge in [0, 0.05) is 27.2 Å². The summed E-state index contributed by atoms with van der Waals surface area (Å²) >= 11 is 13.2. The lowest BCUT2D eigenvalue weighted by Crippen LogP contribution is -2.13. The van der Waals surface area contributed by atoms with Crippen LogP contribution in [0.25, 0.3) is 0 Å². The van der Waals surface area contributed by atoms with Crippen LogP contribution in [0.15, 0.2) is 34.6 Å². The first kappa shape index (κ1) is 10.7. The molecule has 0 saturated carbocycles. The van der Waals surface area contributed by atoms with Crippen LogP contribution in [-0.4, -0.2) is 4.57 Å². The van der Waals surface area contributed by atoms with Gasteiger partial charge in [0.05, 0.1) is 6.54 Å². The molecule has 0 aliphatic rings. The van der Waals surface area contributed by atoms with Gasteiger partial charge in [-0.15, -0.1) is 0 Å². The van der Waals surface area contributed by atoms with Gasteiger partial charge in [0.25, 0.3) is 0 Å². The molecule has 2 nitrogen and oxygen atoms in total. The molecule has 15 heavy (non-hydrogen) atoms. The molecular weight excluding hydrogens is 253 g/mol. The Morgan fingerprint density at radius 3 is 2.47 bits per heavy atom. The second-order valence-electron chi connectivity index (χ2n) is 3.00. The van der Waals surface area contributed by atoms with Crippen LogP contribution >= 0.6 is 34.5 Å². The average Bonchev–Trinajstić information content (AvgIpc) is 2.58. The third-order valence-corrected chi connectivity index (χ3v) is 3.44. The molecule has 0 bridgehead atoms. The van der Waals surface area contributed by atoms with Crippen molar-refractivity contribution in [2.45, 2.75) is 6.54 Å². The SMILES string of the molecule is O=c1sccn1Cc1c(Cl)cccc1Cl. The quantitative estimate of drug-likeness (QED) is 0.812. The average molecular weight is 260 g/mol. The van der Waals surface area contributed by atoms with Gasteiger partial charge in [0.15, 0.2) is 0 Å². The standard InChI is InChI=1S/C10H7Cl2NOS/c11-8-2-1-3-9(12)7(8)6-13-4-5-15-10(13)14/h1-5H,6H2. The monoisotopic (exact) mass is 259 g/mol. The summed E-state index contributed by atoms with van der Waals surface area (Å²) in [6, 6.07) is 5.31. The summed E-state index contributed by atoms with van der Waals surface area (Å²) in [6.45, 7) is 0.418. The predicted octanol–water partition coefficient (Wildman–Crippen LogP) is 3.26. The minimum absolute atomic E-state index is 0.00835. The minimum atomic E-state index is -0.00835. The molecule has 0 aliphatic carbocycles. The van der Waals surface area contributed by atoms with E-state index in [1.165, 1.54) is 0 Å². The molecule has 0 radical (unpaired) electrons. The van der Waals surface area contributed by atoms with Crippen molar-refractivity contribution in [1.82, 2.24) is 4.57 Å². The number of thiazole rings is 1. The van der Waals surface area contributed by atoms with Crippen LogP contribution in [0.5, 0.6) is 0 Å². The van der Waals surface area contributed by atoms with Crippen molar-refractivity contribution in [2.75, 3.05) is 0 Å². The van der Waals surface area contributed by atoms with Crippen molar-refractivity contribution < 1.29 is 0 Å². The topological polar surface area (TPSA) is 22.0 Å². The van der Waals surface area contributed by atoms with Crippen LogP contribution in [0.2, 0.25) is 10.0 Å². The Bertz CT molecular complexity index is 512. The Labute approximate surface area is 101 Å². The maximum Gasteiger partial charge on any atom is 0.307 e. The van der Waals surface area contributed by atoms with Gasteiger partial charge in [-0.2, -0.15) is 0 Å². The largest absolute Gasteiger partial charge is 0.307 e. The van der Waals surface area contributed by atoms with E-state index >= 15 is 0 Å². The third kappa shape index (κ3) is 2.25. The number of benzene rings is 1. The lowest BCUT2D eigenvalue weighted by molar-refractivity contribution is 0.784. The third-order valence-electron chi connectivity index (χ3n) is 2.03.